The van der Waals surface area contributed by atoms with E-state index in [4.69, 9.17) is 4.74 Å². The molecule has 1 N–H and O–H groups in total. The van der Waals surface area contributed by atoms with Crippen LogP contribution in [0.1, 0.15) is 44.2 Å². The van der Waals surface area contributed by atoms with E-state index in [2.05, 4.69) is 50.4 Å². The van der Waals surface area contributed by atoms with Crippen molar-refractivity contribution in [1.29, 1.82) is 0 Å². The Morgan fingerprint density at radius 3 is 2.55 bits per heavy atom. The molecular weight excluding hydrogens is 246 g/mol. The first-order valence-corrected chi connectivity index (χ1v) is 7.99. The normalized spacial score (nSPS) is 18.4. The molecule has 0 atom stereocenters. The summed E-state index contributed by atoms with van der Waals surface area (Å²) in [5.74, 6) is 0.770. The van der Waals surface area contributed by atoms with Crippen molar-refractivity contribution in [2.45, 2.75) is 45.4 Å². The SMILES string of the molecule is Cc1ccccc1C1(CNCCC(C)C)CCOCC1. The van der Waals surface area contributed by atoms with Crippen LogP contribution in [-0.4, -0.2) is 26.3 Å². The first-order valence-electron chi connectivity index (χ1n) is 7.99. The minimum Gasteiger partial charge on any atom is -0.381 e. The molecule has 0 saturated carbocycles. The van der Waals surface area contributed by atoms with E-state index in [0.29, 0.717) is 0 Å². The molecule has 1 heterocycles. The molecule has 2 rings (SSSR count). The summed E-state index contributed by atoms with van der Waals surface area (Å²) in [6.07, 6.45) is 3.51. The van der Waals surface area contributed by atoms with Gasteiger partial charge in [-0.3, -0.25) is 0 Å². The van der Waals surface area contributed by atoms with Crippen molar-refractivity contribution in [3.05, 3.63) is 35.4 Å². The van der Waals surface area contributed by atoms with Crippen LogP contribution in [0.2, 0.25) is 0 Å². The fourth-order valence-electron chi connectivity index (χ4n) is 3.19. The molecule has 0 radical (unpaired) electrons. The van der Waals surface area contributed by atoms with Gasteiger partial charge in [-0.1, -0.05) is 38.1 Å². The average molecular weight is 275 g/mol. The summed E-state index contributed by atoms with van der Waals surface area (Å²) in [6.45, 7) is 10.8. The van der Waals surface area contributed by atoms with Crippen LogP contribution in [0.15, 0.2) is 24.3 Å². The Morgan fingerprint density at radius 2 is 1.90 bits per heavy atom. The molecule has 0 bridgehead atoms. The minimum absolute atomic E-state index is 0.264. The Kier molecular flexibility index (Phi) is 5.62. The van der Waals surface area contributed by atoms with Crippen LogP contribution in [0, 0.1) is 12.8 Å². The molecule has 0 spiro atoms. The van der Waals surface area contributed by atoms with Crippen molar-refractivity contribution in [3.63, 3.8) is 0 Å². The van der Waals surface area contributed by atoms with Crippen molar-refractivity contribution in [1.82, 2.24) is 5.32 Å². The third-order valence-corrected chi connectivity index (χ3v) is 4.53. The Bertz CT molecular complexity index is 408. The van der Waals surface area contributed by atoms with Crippen LogP contribution in [0.3, 0.4) is 0 Å². The van der Waals surface area contributed by atoms with Gasteiger partial charge in [-0.25, -0.2) is 0 Å². The summed E-state index contributed by atoms with van der Waals surface area (Å²) in [4.78, 5) is 0. The second-order valence-corrected chi connectivity index (χ2v) is 6.57. The van der Waals surface area contributed by atoms with Gasteiger partial charge in [-0.2, -0.15) is 0 Å². The second-order valence-electron chi connectivity index (χ2n) is 6.57. The Balaban J connectivity index is 2.08. The fraction of sp³-hybridized carbons (Fsp3) is 0.667. The summed E-state index contributed by atoms with van der Waals surface area (Å²) in [5, 5.41) is 3.70. The number of benzene rings is 1. The van der Waals surface area contributed by atoms with Crippen LogP contribution >= 0.6 is 0 Å². The van der Waals surface area contributed by atoms with Crippen LogP contribution in [-0.2, 0) is 10.2 Å². The monoisotopic (exact) mass is 275 g/mol. The highest BCUT2D eigenvalue weighted by atomic mass is 16.5. The molecule has 1 saturated heterocycles. The number of hydrogen-bond donors (Lipinski definition) is 1. The lowest BCUT2D eigenvalue weighted by Gasteiger charge is -2.39. The number of nitrogens with one attached hydrogen (secondary N) is 1. The van der Waals surface area contributed by atoms with Gasteiger partial charge in [0.15, 0.2) is 0 Å². The maximum Gasteiger partial charge on any atom is 0.0475 e. The fourth-order valence-corrected chi connectivity index (χ4v) is 3.19. The smallest absolute Gasteiger partial charge is 0.0475 e. The van der Waals surface area contributed by atoms with Crippen LogP contribution in [0.25, 0.3) is 0 Å². The molecule has 1 aromatic carbocycles. The van der Waals surface area contributed by atoms with Gasteiger partial charge in [0.25, 0.3) is 0 Å². The zero-order chi connectivity index (χ0) is 14.4. The maximum absolute atomic E-state index is 5.60. The van der Waals surface area contributed by atoms with E-state index in [-0.39, 0.29) is 5.41 Å². The number of hydrogen-bond acceptors (Lipinski definition) is 2. The molecule has 1 aromatic rings. The van der Waals surface area contributed by atoms with Crippen LogP contribution in [0.4, 0.5) is 0 Å². The summed E-state index contributed by atoms with van der Waals surface area (Å²) >= 11 is 0. The highest BCUT2D eigenvalue weighted by Crippen LogP contribution is 2.36. The highest BCUT2D eigenvalue weighted by molar-refractivity contribution is 5.34. The molecule has 2 heteroatoms. The minimum atomic E-state index is 0.264. The molecule has 112 valence electrons. The standard InChI is InChI=1S/C18H29NO/c1-15(2)8-11-19-14-18(9-12-20-13-10-18)17-7-5-4-6-16(17)3/h4-7,15,19H,8-14H2,1-3H3. The van der Waals surface area contributed by atoms with Crippen molar-refractivity contribution >= 4 is 0 Å². The second kappa shape index (κ2) is 7.24. The summed E-state index contributed by atoms with van der Waals surface area (Å²) in [5.41, 5.74) is 3.20. The number of aryl methyl sites for hydroxylation is 1. The Labute approximate surface area is 123 Å². The van der Waals surface area contributed by atoms with Gasteiger partial charge in [0.05, 0.1) is 0 Å². The van der Waals surface area contributed by atoms with Crippen molar-refractivity contribution in [2.24, 2.45) is 5.92 Å². The van der Waals surface area contributed by atoms with E-state index in [0.717, 1.165) is 45.1 Å². The zero-order valence-electron chi connectivity index (χ0n) is 13.2. The van der Waals surface area contributed by atoms with Crippen LogP contribution < -0.4 is 5.32 Å². The first-order chi connectivity index (χ1) is 9.64. The lowest BCUT2D eigenvalue weighted by atomic mass is 9.72. The van der Waals surface area contributed by atoms with E-state index < -0.39 is 0 Å². The van der Waals surface area contributed by atoms with E-state index in [9.17, 15) is 0 Å². The highest BCUT2D eigenvalue weighted by Gasteiger charge is 2.34. The van der Waals surface area contributed by atoms with Crippen molar-refractivity contribution in [2.75, 3.05) is 26.3 Å². The predicted molar refractivity (Wildman–Crippen MR) is 85.2 cm³/mol. The van der Waals surface area contributed by atoms with Gasteiger partial charge >= 0.3 is 0 Å². The molecule has 0 unspecified atom stereocenters. The van der Waals surface area contributed by atoms with E-state index in [1.54, 1.807) is 0 Å². The summed E-state index contributed by atoms with van der Waals surface area (Å²) in [7, 11) is 0. The topological polar surface area (TPSA) is 21.3 Å². The molecule has 1 aliphatic rings. The van der Waals surface area contributed by atoms with Crippen molar-refractivity contribution in [3.8, 4) is 0 Å². The molecule has 20 heavy (non-hydrogen) atoms. The Morgan fingerprint density at radius 1 is 1.20 bits per heavy atom. The van der Waals surface area contributed by atoms with Gasteiger partial charge in [0.2, 0.25) is 0 Å². The first kappa shape index (κ1) is 15.5. The lowest BCUT2D eigenvalue weighted by Crippen LogP contribution is -2.43. The van der Waals surface area contributed by atoms with Gasteiger partial charge in [-0.15, -0.1) is 0 Å². The summed E-state index contributed by atoms with van der Waals surface area (Å²) < 4.78 is 5.60. The Hall–Kier alpha value is -0.860. The van der Waals surface area contributed by atoms with Gasteiger partial charge < -0.3 is 10.1 Å². The summed E-state index contributed by atoms with van der Waals surface area (Å²) in [6, 6.07) is 8.86. The predicted octanol–water partition coefficient (Wildman–Crippen LogP) is 3.68. The third-order valence-electron chi connectivity index (χ3n) is 4.53. The number of rotatable bonds is 6. The molecule has 1 fully saturated rings. The number of ether oxygens (including phenoxy) is 1. The molecule has 2 nitrogen and oxygen atoms in total. The van der Waals surface area contributed by atoms with E-state index in [1.807, 2.05) is 0 Å². The largest absolute Gasteiger partial charge is 0.381 e. The van der Waals surface area contributed by atoms with Gasteiger partial charge in [-0.05, 0) is 49.8 Å². The molecule has 1 aliphatic heterocycles. The van der Waals surface area contributed by atoms with Gasteiger partial charge in [0, 0.05) is 25.2 Å². The van der Waals surface area contributed by atoms with Crippen LogP contribution in [0.5, 0.6) is 0 Å². The lowest BCUT2D eigenvalue weighted by molar-refractivity contribution is 0.0496. The maximum atomic E-state index is 5.60. The van der Waals surface area contributed by atoms with E-state index in [1.165, 1.54) is 17.5 Å². The molecule has 0 aliphatic carbocycles. The third kappa shape index (κ3) is 3.83. The molecule has 0 amide bonds. The molecular formula is C18H29NO. The van der Waals surface area contributed by atoms with Gasteiger partial charge in [0.1, 0.15) is 0 Å². The van der Waals surface area contributed by atoms with E-state index >= 15 is 0 Å². The average Bonchev–Trinajstić information content (AvgIpc) is 2.45. The zero-order valence-corrected chi connectivity index (χ0v) is 13.2. The van der Waals surface area contributed by atoms with Crippen molar-refractivity contribution < 1.29 is 4.74 Å². The quantitative estimate of drug-likeness (QED) is 0.800. The molecule has 0 aromatic heterocycles.